The van der Waals surface area contributed by atoms with Crippen molar-refractivity contribution in [1.29, 1.82) is 0 Å². The van der Waals surface area contributed by atoms with Gasteiger partial charge in [-0.25, -0.2) is 8.42 Å². The number of ether oxygens (including phenoxy) is 1. The summed E-state index contributed by atoms with van der Waals surface area (Å²) in [6.45, 7) is 3.88. The van der Waals surface area contributed by atoms with Crippen LogP contribution in [-0.2, 0) is 19.6 Å². The van der Waals surface area contributed by atoms with Crippen LogP contribution in [0.1, 0.15) is 30.5 Å². The molecule has 0 amide bonds. The molecule has 0 saturated heterocycles. The quantitative estimate of drug-likeness (QED) is 0.426. The third kappa shape index (κ3) is 4.00. The van der Waals surface area contributed by atoms with Gasteiger partial charge in [0.15, 0.2) is 0 Å². The third-order valence-electron chi connectivity index (χ3n) is 5.33. The van der Waals surface area contributed by atoms with E-state index in [9.17, 15) is 13.2 Å². The number of esters is 1. The molecule has 3 aromatic carbocycles. The van der Waals surface area contributed by atoms with Crippen molar-refractivity contribution < 1.29 is 17.9 Å². The maximum atomic E-state index is 13.9. The molecule has 1 unspecified atom stereocenters. The Labute approximate surface area is 190 Å². The highest BCUT2D eigenvalue weighted by Crippen LogP contribution is 2.49. The molecular weight excluding hydrogens is 478 g/mol. The largest absolute Gasteiger partial charge is 0.466 e. The molecule has 5 nitrogen and oxygen atoms in total. The van der Waals surface area contributed by atoms with Crippen LogP contribution in [0.4, 0.5) is 5.69 Å². The van der Waals surface area contributed by atoms with Crippen LogP contribution in [0.15, 0.2) is 76.1 Å². The van der Waals surface area contributed by atoms with Crippen LogP contribution in [0.25, 0.3) is 11.1 Å². The minimum atomic E-state index is -3.95. The van der Waals surface area contributed by atoms with Gasteiger partial charge in [-0.2, -0.15) is 0 Å². The predicted octanol–water partition coefficient (Wildman–Crippen LogP) is 5.63. The number of nitrogens with zero attached hydrogens (tertiary/aromatic N) is 1. The molecule has 31 heavy (non-hydrogen) atoms. The van der Waals surface area contributed by atoms with Crippen molar-refractivity contribution in [2.24, 2.45) is 0 Å². The molecule has 1 aliphatic rings. The molecule has 0 bridgehead atoms. The fourth-order valence-electron chi connectivity index (χ4n) is 3.93. The second-order valence-corrected chi connectivity index (χ2v) is 10.1. The number of anilines is 1. The van der Waals surface area contributed by atoms with Crippen LogP contribution in [0.2, 0.25) is 0 Å². The van der Waals surface area contributed by atoms with Crippen LogP contribution in [0.5, 0.6) is 0 Å². The molecule has 1 heterocycles. The molecule has 1 atom stereocenters. The maximum Gasteiger partial charge on any atom is 0.308 e. The minimum Gasteiger partial charge on any atom is -0.466 e. The van der Waals surface area contributed by atoms with Gasteiger partial charge in [-0.1, -0.05) is 57.9 Å². The molecule has 7 heteroatoms. The molecule has 3 aromatic rings. The number of carbonyl (C=O) groups is 1. The lowest BCUT2D eigenvalue weighted by atomic mass is 9.88. The summed E-state index contributed by atoms with van der Waals surface area (Å²) >= 11 is 3.50. The zero-order valence-electron chi connectivity index (χ0n) is 17.2. The first kappa shape index (κ1) is 21.6. The molecule has 0 fully saturated rings. The maximum absolute atomic E-state index is 13.9. The van der Waals surface area contributed by atoms with Crippen molar-refractivity contribution in [1.82, 2.24) is 0 Å². The van der Waals surface area contributed by atoms with Gasteiger partial charge in [0.05, 0.1) is 29.7 Å². The molecule has 160 valence electrons. The Kier molecular flexibility index (Phi) is 5.90. The van der Waals surface area contributed by atoms with Crippen molar-refractivity contribution >= 4 is 37.6 Å². The molecule has 0 spiro atoms. The normalized spacial score (nSPS) is 15.2. The molecule has 0 aromatic heterocycles. The van der Waals surface area contributed by atoms with Crippen LogP contribution < -0.4 is 4.31 Å². The SMILES string of the molecule is CCOC(=O)CC1c2ccccc2-c2cc(Br)ccc2N1S(=O)(=O)c1ccc(C)cc1. The summed E-state index contributed by atoms with van der Waals surface area (Å²) in [6, 6.07) is 19.1. The Bertz CT molecular complexity index is 1240. The molecule has 0 aliphatic carbocycles. The highest BCUT2D eigenvalue weighted by Gasteiger charge is 2.40. The highest BCUT2D eigenvalue weighted by molar-refractivity contribution is 9.10. The molecular formula is C24H22BrNO4S. The zero-order valence-corrected chi connectivity index (χ0v) is 19.6. The predicted molar refractivity (Wildman–Crippen MR) is 124 cm³/mol. The van der Waals surface area contributed by atoms with E-state index in [0.717, 1.165) is 26.7 Å². The van der Waals surface area contributed by atoms with E-state index in [1.807, 2.05) is 43.3 Å². The average Bonchev–Trinajstić information content (AvgIpc) is 2.74. The van der Waals surface area contributed by atoms with Crippen LogP contribution in [0.3, 0.4) is 0 Å². The van der Waals surface area contributed by atoms with Gasteiger partial charge < -0.3 is 4.74 Å². The Morgan fingerprint density at radius 3 is 2.45 bits per heavy atom. The number of aryl methyl sites for hydroxylation is 1. The summed E-state index contributed by atoms with van der Waals surface area (Å²) in [6.07, 6.45) is -0.0779. The number of benzene rings is 3. The minimum absolute atomic E-state index is 0.0779. The van der Waals surface area contributed by atoms with Crippen molar-refractivity contribution in [2.45, 2.75) is 31.2 Å². The van der Waals surface area contributed by atoms with E-state index in [1.54, 1.807) is 37.3 Å². The van der Waals surface area contributed by atoms with Crippen LogP contribution in [-0.4, -0.2) is 21.0 Å². The molecule has 0 radical (unpaired) electrons. The number of fused-ring (bicyclic) bond motifs is 3. The summed E-state index contributed by atoms with van der Waals surface area (Å²) in [5.41, 5.74) is 3.98. The van der Waals surface area contributed by atoms with Crippen LogP contribution >= 0.6 is 15.9 Å². The first-order valence-electron chi connectivity index (χ1n) is 9.98. The van der Waals surface area contributed by atoms with E-state index in [2.05, 4.69) is 15.9 Å². The van der Waals surface area contributed by atoms with E-state index in [1.165, 1.54) is 4.31 Å². The molecule has 4 rings (SSSR count). The van der Waals surface area contributed by atoms with E-state index in [4.69, 9.17) is 4.74 Å². The van der Waals surface area contributed by atoms with E-state index in [0.29, 0.717) is 5.69 Å². The lowest BCUT2D eigenvalue weighted by molar-refractivity contribution is -0.143. The summed E-state index contributed by atoms with van der Waals surface area (Å²) in [4.78, 5) is 12.7. The molecule has 1 aliphatic heterocycles. The van der Waals surface area contributed by atoms with E-state index in [-0.39, 0.29) is 17.9 Å². The second-order valence-electron chi connectivity index (χ2n) is 7.39. The number of halogens is 1. The summed E-state index contributed by atoms with van der Waals surface area (Å²) in [5, 5.41) is 0. The monoisotopic (exact) mass is 499 g/mol. The number of hydrogen-bond acceptors (Lipinski definition) is 4. The number of sulfonamides is 1. The van der Waals surface area contributed by atoms with Crippen molar-refractivity contribution in [3.05, 3.63) is 82.3 Å². The van der Waals surface area contributed by atoms with Gasteiger partial charge in [-0.15, -0.1) is 0 Å². The summed E-state index contributed by atoms with van der Waals surface area (Å²) in [7, 11) is -3.95. The number of hydrogen-bond donors (Lipinski definition) is 0. The zero-order chi connectivity index (χ0) is 22.2. The van der Waals surface area contributed by atoms with Crippen molar-refractivity contribution in [2.75, 3.05) is 10.9 Å². The first-order valence-corrected chi connectivity index (χ1v) is 12.2. The number of rotatable bonds is 5. The highest BCUT2D eigenvalue weighted by atomic mass is 79.9. The Hall–Kier alpha value is -2.64. The van der Waals surface area contributed by atoms with Gasteiger partial charge >= 0.3 is 5.97 Å². The summed E-state index contributed by atoms with van der Waals surface area (Å²) < 4.78 is 35.1. The lowest BCUT2D eigenvalue weighted by Crippen LogP contribution is -2.39. The van der Waals surface area contributed by atoms with Gasteiger partial charge in [0.1, 0.15) is 0 Å². The fourth-order valence-corrected chi connectivity index (χ4v) is 5.94. The Morgan fingerprint density at radius 2 is 1.74 bits per heavy atom. The smallest absolute Gasteiger partial charge is 0.308 e. The van der Waals surface area contributed by atoms with Crippen molar-refractivity contribution in [3.8, 4) is 11.1 Å². The molecule has 0 saturated carbocycles. The van der Waals surface area contributed by atoms with Gasteiger partial charge in [0.25, 0.3) is 10.0 Å². The van der Waals surface area contributed by atoms with E-state index >= 15 is 0 Å². The van der Waals surface area contributed by atoms with Gasteiger partial charge in [-0.3, -0.25) is 9.10 Å². The van der Waals surface area contributed by atoms with Gasteiger partial charge in [0.2, 0.25) is 0 Å². The van der Waals surface area contributed by atoms with Crippen molar-refractivity contribution in [3.63, 3.8) is 0 Å². The first-order chi connectivity index (χ1) is 14.8. The standard InChI is InChI=1S/C24H22BrNO4S/c1-3-30-24(27)15-23-20-7-5-4-6-19(20)21-14-17(25)10-13-22(21)26(23)31(28,29)18-11-8-16(2)9-12-18/h4-14,23H,3,15H2,1-2H3. The third-order valence-corrected chi connectivity index (χ3v) is 7.66. The fraction of sp³-hybridized carbons (Fsp3) is 0.208. The Morgan fingerprint density at radius 1 is 1.03 bits per heavy atom. The van der Waals surface area contributed by atoms with E-state index < -0.39 is 22.0 Å². The van der Waals surface area contributed by atoms with Crippen LogP contribution in [0, 0.1) is 6.92 Å². The topological polar surface area (TPSA) is 63.7 Å². The molecule has 0 N–H and O–H groups in total. The van der Waals surface area contributed by atoms with Gasteiger partial charge in [0, 0.05) is 10.0 Å². The second kappa shape index (κ2) is 8.48. The van der Waals surface area contributed by atoms with Gasteiger partial charge in [-0.05, 0) is 55.3 Å². The summed E-state index contributed by atoms with van der Waals surface area (Å²) in [5.74, 6) is -0.438. The Balaban J connectivity index is 1.95. The number of carbonyl (C=O) groups excluding carboxylic acids is 1. The average molecular weight is 500 g/mol. The lowest BCUT2D eigenvalue weighted by Gasteiger charge is -2.39.